The molecule has 9 nitrogen and oxygen atoms in total. The van der Waals surface area contributed by atoms with Crippen LogP contribution in [0, 0.1) is 0 Å². The van der Waals surface area contributed by atoms with E-state index < -0.39 is 21.3 Å². The number of fused-ring (bicyclic) bond motifs is 1. The van der Waals surface area contributed by atoms with Gasteiger partial charge in [-0.05, 0) is 55.3 Å². The third kappa shape index (κ3) is 6.00. The van der Waals surface area contributed by atoms with E-state index in [0.29, 0.717) is 39.1 Å². The number of ether oxygens (including phenoxy) is 3. The van der Waals surface area contributed by atoms with Crippen molar-refractivity contribution in [2.24, 2.45) is 0 Å². The van der Waals surface area contributed by atoms with Crippen molar-refractivity contribution in [3.63, 3.8) is 0 Å². The lowest BCUT2D eigenvalue weighted by Crippen LogP contribution is -2.50. The molecule has 5 rings (SSSR count). The molecule has 1 amide bonds. The van der Waals surface area contributed by atoms with E-state index >= 15 is 0 Å². The Bertz CT molecular complexity index is 1250. The number of hydrogen-bond donors (Lipinski definition) is 1. The zero-order valence-electron chi connectivity index (χ0n) is 20.2. The van der Waals surface area contributed by atoms with Gasteiger partial charge in [0.25, 0.3) is 0 Å². The SMILES string of the molecule is O=C(COC(C1CCCN1)S(=O)(=O)c1ccc(Cl)c(Cl)c1)N1CCN(Cc2ccc3c(c2)OCO3)CC1. The van der Waals surface area contributed by atoms with Gasteiger partial charge in [0.15, 0.2) is 16.9 Å². The summed E-state index contributed by atoms with van der Waals surface area (Å²) in [5.41, 5.74) is -0.0877. The van der Waals surface area contributed by atoms with Crippen molar-refractivity contribution >= 4 is 38.9 Å². The quantitative estimate of drug-likeness (QED) is 0.518. The fraction of sp³-hybridized carbons (Fsp3) is 0.480. The smallest absolute Gasteiger partial charge is 0.248 e. The van der Waals surface area contributed by atoms with E-state index in [1.807, 2.05) is 18.2 Å². The summed E-state index contributed by atoms with van der Waals surface area (Å²) < 4.78 is 43.5. The standard InChI is InChI=1S/C25H29Cl2N3O6S/c26-19-5-4-18(13-20(19)27)37(32,33)25(21-2-1-7-28-21)34-15-24(31)30-10-8-29(9-11-30)14-17-3-6-22-23(12-17)36-16-35-22/h3-6,12-13,21,25,28H,1-2,7-11,14-16H2. The van der Waals surface area contributed by atoms with Crippen LogP contribution in [-0.2, 0) is 25.9 Å². The number of sulfone groups is 1. The highest BCUT2D eigenvalue weighted by atomic mass is 35.5. The van der Waals surface area contributed by atoms with Gasteiger partial charge in [0.05, 0.1) is 14.9 Å². The van der Waals surface area contributed by atoms with Crippen molar-refractivity contribution in [3.8, 4) is 11.5 Å². The lowest BCUT2D eigenvalue weighted by atomic mass is 10.1. The third-order valence-corrected chi connectivity index (χ3v) is 9.62. The van der Waals surface area contributed by atoms with Gasteiger partial charge in [0.1, 0.15) is 6.61 Å². The average Bonchev–Trinajstić information content (AvgIpc) is 3.58. The molecular weight excluding hydrogens is 541 g/mol. The first-order chi connectivity index (χ1) is 17.8. The van der Waals surface area contributed by atoms with Crippen LogP contribution < -0.4 is 14.8 Å². The molecule has 12 heteroatoms. The Labute approximate surface area is 226 Å². The molecule has 37 heavy (non-hydrogen) atoms. The second-order valence-corrected chi connectivity index (χ2v) is 12.2. The Kier molecular flexibility index (Phi) is 8.13. The topological polar surface area (TPSA) is 97.4 Å². The van der Waals surface area contributed by atoms with Crippen LogP contribution >= 0.6 is 23.2 Å². The van der Waals surface area contributed by atoms with Crippen LogP contribution in [-0.4, -0.2) is 81.7 Å². The lowest BCUT2D eigenvalue weighted by molar-refractivity contribution is -0.138. The van der Waals surface area contributed by atoms with Crippen molar-refractivity contribution in [1.82, 2.24) is 15.1 Å². The summed E-state index contributed by atoms with van der Waals surface area (Å²) in [6.45, 7) is 3.86. The van der Waals surface area contributed by atoms with E-state index in [0.717, 1.165) is 30.0 Å². The molecular formula is C25H29Cl2N3O6S. The molecule has 1 N–H and O–H groups in total. The minimum Gasteiger partial charge on any atom is -0.454 e. The molecule has 0 bridgehead atoms. The minimum absolute atomic E-state index is 0.0187. The molecule has 2 fully saturated rings. The van der Waals surface area contributed by atoms with Crippen molar-refractivity contribution in [2.45, 2.75) is 35.8 Å². The minimum atomic E-state index is -3.92. The Morgan fingerprint density at radius 2 is 1.84 bits per heavy atom. The number of hydrogen-bond acceptors (Lipinski definition) is 8. The molecule has 0 radical (unpaired) electrons. The van der Waals surface area contributed by atoms with E-state index in [9.17, 15) is 13.2 Å². The van der Waals surface area contributed by atoms with E-state index in [1.165, 1.54) is 18.2 Å². The molecule has 2 unspecified atom stereocenters. The van der Waals surface area contributed by atoms with Crippen LogP contribution in [0.1, 0.15) is 18.4 Å². The molecule has 3 heterocycles. The number of nitrogens with one attached hydrogen (secondary N) is 1. The van der Waals surface area contributed by atoms with Crippen LogP contribution in [0.25, 0.3) is 0 Å². The highest BCUT2D eigenvalue weighted by Crippen LogP contribution is 2.33. The molecule has 2 aromatic carbocycles. The predicted molar refractivity (Wildman–Crippen MR) is 139 cm³/mol. The number of nitrogens with zero attached hydrogens (tertiary/aromatic N) is 2. The number of carbonyl (C=O) groups excluding carboxylic acids is 1. The molecule has 3 aliphatic rings. The number of rotatable bonds is 8. The summed E-state index contributed by atoms with van der Waals surface area (Å²) in [5.74, 6) is 1.28. The monoisotopic (exact) mass is 569 g/mol. The fourth-order valence-corrected chi connectivity index (χ4v) is 6.93. The third-order valence-electron chi connectivity index (χ3n) is 6.89. The summed E-state index contributed by atoms with van der Waals surface area (Å²) in [5, 5.41) is 3.61. The normalized spacial score (nSPS) is 20.8. The van der Waals surface area contributed by atoms with E-state index in [-0.39, 0.29) is 34.2 Å². The van der Waals surface area contributed by atoms with Crippen molar-refractivity contribution in [2.75, 3.05) is 46.1 Å². The van der Waals surface area contributed by atoms with Gasteiger partial charge in [-0.25, -0.2) is 8.42 Å². The number of piperazine rings is 1. The number of halogens is 2. The highest BCUT2D eigenvalue weighted by Gasteiger charge is 2.38. The highest BCUT2D eigenvalue weighted by molar-refractivity contribution is 7.92. The number of amides is 1. The first kappa shape index (κ1) is 26.5. The van der Waals surface area contributed by atoms with Crippen molar-refractivity contribution in [3.05, 3.63) is 52.0 Å². The molecule has 2 atom stereocenters. The fourth-order valence-electron chi connectivity index (χ4n) is 4.85. The van der Waals surface area contributed by atoms with Crippen LogP contribution in [0.2, 0.25) is 10.0 Å². The van der Waals surface area contributed by atoms with Gasteiger partial charge in [0.2, 0.25) is 22.5 Å². The van der Waals surface area contributed by atoms with Gasteiger partial charge < -0.3 is 24.4 Å². The second-order valence-electron chi connectivity index (χ2n) is 9.35. The molecule has 200 valence electrons. The summed E-state index contributed by atoms with van der Waals surface area (Å²) in [6.07, 6.45) is 1.47. The average molecular weight is 570 g/mol. The molecule has 2 aromatic rings. The van der Waals surface area contributed by atoms with E-state index in [4.69, 9.17) is 37.4 Å². The van der Waals surface area contributed by atoms with Crippen molar-refractivity contribution in [1.29, 1.82) is 0 Å². The Morgan fingerprint density at radius 3 is 2.57 bits per heavy atom. The summed E-state index contributed by atoms with van der Waals surface area (Å²) >= 11 is 12.0. The zero-order chi connectivity index (χ0) is 26.0. The maximum absolute atomic E-state index is 13.4. The lowest BCUT2D eigenvalue weighted by Gasteiger charge is -2.35. The Balaban J connectivity index is 1.18. The van der Waals surface area contributed by atoms with Gasteiger partial charge in [0, 0.05) is 38.8 Å². The van der Waals surface area contributed by atoms with Gasteiger partial charge in [-0.15, -0.1) is 0 Å². The van der Waals surface area contributed by atoms with E-state index in [1.54, 1.807) is 4.90 Å². The zero-order valence-corrected chi connectivity index (χ0v) is 22.5. The van der Waals surface area contributed by atoms with Gasteiger partial charge in [-0.3, -0.25) is 9.69 Å². The maximum atomic E-state index is 13.4. The van der Waals surface area contributed by atoms with Crippen LogP contribution in [0.4, 0.5) is 0 Å². The number of benzene rings is 2. The summed E-state index contributed by atoms with van der Waals surface area (Å²) in [7, 11) is -3.92. The molecule has 0 aromatic heterocycles. The molecule has 0 saturated carbocycles. The van der Waals surface area contributed by atoms with Crippen LogP contribution in [0.3, 0.4) is 0 Å². The van der Waals surface area contributed by atoms with Gasteiger partial charge in [-0.1, -0.05) is 29.3 Å². The maximum Gasteiger partial charge on any atom is 0.248 e. The first-order valence-corrected chi connectivity index (χ1v) is 14.5. The molecule has 2 saturated heterocycles. The Hall–Kier alpha value is -2.08. The first-order valence-electron chi connectivity index (χ1n) is 12.2. The number of carbonyl (C=O) groups is 1. The molecule has 3 aliphatic heterocycles. The molecule has 0 spiro atoms. The van der Waals surface area contributed by atoms with Crippen molar-refractivity contribution < 1.29 is 27.4 Å². The second kappa shape index (κ2) is 11.3. The van der Waals surface area contributed by atoms with Crippen LogP contribution in [0.5, 0.6) is 11.5 Å². The summed E-state index contributed by atoms with van der Waals surface area (Å²) in [6, 6.07) is 9.69. The van der Waals surface area contributed by atoms with Crippen LogP contribution in [0.15, 0.2) is 41.3 Å². The Morgan fingerprint density at radius 1 is 1.05 bits per heavy atom. The largest absolute Gasteiger partial charge is 0.454 e. The van der Waals surface area contributed by atoms with E-state index in [2.05, 4.69) is 10.2 Å². The molecule has 0 aliphatic carbocycles. The van der Waals surface area contributed by atoms with Gasteiger partial charge in [-0.2, -0.15) is 0 Å². The summed E-state index contributed by atoms with van der Waals surface area (Å²) in [4.78, 5) is 17.0. The predicted octanol–water partition coefficient (Wildman–Crippen LogP) is 2.93. The van der Waals surface area contributed by atoms with Gasteiger partial charge >= 0.3 is 0 Å².